The minimum Gasteiger partial charge on any atom is -0.480 e. The molecule has 0 heterocycles. The molecule has 0 aliphatic heterocycles. The lowest BCUT2D eigenvalue weighted by atomic mass is 10.0. The zero-order valence-corrected chi connectivity index (χ0v) is 8.13. The molecule has 0 saturated carbocycles. The van der Waals surface area contributed by atoms with Crippen molar-refractivity contribution in [2.45, 2.75) is 38.8 Å². The van der Waals surface area contributed by atoms with Crippen molar-refractivity contribution in [3.8, 4) is 0 Å². The number of carboxylic acids is 1. The molecule has 0 aromatic carbocycles. The molecule has 0 aliphatic rings. The fraction of sp³-hybridized carbons (Fsp3) is 0.750. The second kappa shape index (κ2) is 4.23. The van der Waals surface area contributed by atoms with Gasteiger partial charge in [-0.25, -0.2) is 0 Å². The van der Waals surface area contributed by atoms with Crippen molar-refractivity contribution in [1.29, 1.82) is 0 Å². The van der Waals surface area contributed by atoms with Crippen LogP contribution in [-0.2, 0) is 9.59 Å². The number of nitrogens with one attached hydrogen (secondary N) is 1. The number of carbonyl (C=O) groups is 2. The summed E-state index contributed by atoms with van der Waals surface area (Å²) >= 11 is 0. The van der Waals surface area contributed by atoms with Crippen LogP contribution < -0.4 is 11.1 Å². The van der Waals surface area contributed by atoms with Gasteiger partial charge in [-0.05, 0) is 20.8 Å². The second-order valence-electron chi connectivity index (χ2n) is 3.79. The van der Waals surface area contributed by atoms with E-state index < -0.39 is 17.6 Å². The van der Waals surface area contributed by atoms with E-state index >= 15 is 0 Å². The highest BCUT2D eigenvalue weighted by molar-refractivity contribution is 5.83. The average Bonchev–Trinajstić information content (AvgIpc) is 1.81. The van der Waals surface area contributed by atoms with E-state index in [0.29, 0.717) is 0 Å². The third-order valence-corrected chi connectivity index (χ3v) is 1.36. The van der Waals surface area contributed by atoms with Crippen molar-refractivity contribution in [2.75, 3.05) is 0 Å². The summed E-state index contributed by atoms with van der Waals surface area (Å²) in [5, 5.41) is 10.8. The van der Waals surface area contributed by atoms with Crippen molar-refractivity contribution in [3.63, 3.8) is 0 Å². The molecule has 1 unspecified atom stereocenters. The van der Waals surface area contributed by atoms with Crippen LogP contribution in [0.3, 0.4) is 0 Å². The van der Waals surface area contributed by atoms with Gasteiger partial charge in [0.25, 0.3) is 0 Å². The first-order chi connectivity index (χ1) is 5.72. The number of amides is 1. The van der Waals surface area contributed by atoms with Gasteiger partial charge in [0.1, 0.15) is 6.04 Å². The lowest BCUT2D eigenvalue weighted by Crippen LogP contribution is -2.44. The Bertz CT molecular complexity index is 208. The Morgan fingerprint density at radius 1 is 1.54 bits per heavy atom. The maximum atomic E-state index is 11.1. The molecule has 0 aromatic rings. The van der Waals surface area contributed by atoms with Crippen molar-refractivity contribution in [3.05, 3.63) is 0 Å². The van der Waals surface area contributed by atoms with E-state index in [4.69, 9.17) is 10.8 Å². The van der Waals surface area contributed by atoms with E-state index in [9.17, 15) is 9.59 Å². The van der Waals surface area contributed by atoms with Crippen LogP contribution in [0.1, 0.15) is 27.2 Å². The number of nitrogens with two attached hydrogens (primary N) is 1. The van der Waals surface area contributed by atoms with Crippen LogP contribution in [0, 0.1) is 0 Å². The molecule has 5 heteroatoms. The van der Waals surface area contributed by atoms with E-state index in [-0.39, 0.29) is 12.3 Å². The lowest BCUT2D eigenvalue weighted by molar-refractivity contribution is -0.141. The highest BCUT2D eigenvalue weighted by Crippen LogP contribution is 2.02. The van der Waals surface area contributed by atoms with Gasteiger partial charge in [0.2, 0.25) is 5.91 Å². The molecule has 0 spiro atoms. The number of rotatable bonds is 4. The van der Waals surface area contributed by atoms with Crippen LogP contribution in [-0.4, -0.2) is 28.6 Å². The minimum absolute atomic E-state index is 0.116. The summed E-state index contributed by atoms with van der Waals surface area (Å²) in [7, 11) is 0. The summed E-state index contributed by atoms with van der Waals surface area (Å²) in [5.41, 5.74) is 4.97. The van der Waals surface area contributed by atoms with Gasteiger partial charge in [-0.3, -0.25) is 9.59 Å². The Morgan fingerprint density at radius 3 is 2.31 bits per heavy atom. The molecule has 0 rings (SSSR count). The van der Waals surface area contributed by atoms with Crippen molar-refractivity contribution in [2.24, 2.45) is 5.73 Å². The standard InChI is InChI=1S/C8H16N2O3/c1-5(7(12)13)10-6(11)4-8(2,3)9/h5H,4,9H2,1-3H3,(H,10,11)(H,12,13). The topological polar surface area (TPSA) is 92.4 Å². The van der Waals surface area contributed by atoms with Crippen LogP contribution in [0.4, 0.5) is 0 Å². The largest absolute Gasteiger partial charge is 0.480 e. The zero-order valence-electron chi connectivity index (χ0n) is 8.13. The van der Waals surface area contributed by atoms with Crippen LogP contribution in [0.15, 0.2) is 0 Å². The summed E-state index contributed by atoms with van der Waals surface area (Å²) in [6.45, 7) is 4.82. The fourth-order valence-electron chi connectivity index (χ4n) is 0.768. The maximum Gasteiger partial charge on any atom is 0.325 e. The van der Waals surface area contributed by atoms with Gasteiger partial charge in [-0.2, -0.15) is 0 Å². The number of aliphatic carboxylic acids is 1. The minimum atomic E-state index is -1.05. The summed E-state index contributed by atoms with van der Waals surface area (Å²) in [5.74, 6) is -1.40. The molecule has 0 radical (unpaired) electrons. The molecule has 0 saturated heterocycles. The average molecular weight is 188 g/mol. The van der Waals surface area contributed by atoms with E-state index in [2.05, 4.69) is 5.32 Å². The lowest BCUT2D eigenvalue weighted by Gasteiger charge is -2.18. The van der Waals surface area contributed by atoms with Gasteiger partial charge in [-0.1, -0.05) is 0 Å². The first kappa shape index (κ1) is 11.9. The molecule has 0 aromatic heterocycles. The van der Waals surface area contributed by atoms with Gasteiger partial charge in [0.15, 0.2) is 0 Å². The van der Waals surface area contributed by atoms with Crippen molar-refractivity contribution >= 4 is 11.9 Å². The molecule has 0 bridgehead atoms. The van der Waals surface area contributed by atoms with Crippen LogP contribution in [0.2, 0.25) is 0 Å². The number of carbonyl (C=O) groups excluding carboxylic acids is 1. The smallest absolute Gasteiger partial charge is 0.325 e. The van der Waals surface area contributed by atoms with Gasteiger partial charge in [0, 0.05) is 12.0 Å². The second-order valence-corrected chi connectivity index (χ2v) is 3.79. The summed E-state index contributed by atoms with van der Waals surface area (Å²) in [4.78, 5) is 21.5. The van der Waals surface area contributed by atoms with E-state index in [1.807, 2.05) is 0 Å². The molecule has 0 fully saturated rings. The van der Waals surface area contributed by atoms with Gasteiger partial charge in [0.05, 0.1) is 0 Å². The zero-order chi connectivity index (χ0) is 10.6. The van der Waals surface area contributed by atoms with Crippen molar-refractivity contribution in [1.82, 2.24) is 5.32 Å². The van der Waals surface area contributed by atoms with Crippen molar-refractivity contribution < 1.29 is 14.7 Å². The third kappa shape index (κ3) is 6.10. The quantitative estimate of drug-likeness (QED) is 0.565. The third-order valence-electron chi connectivity index (χ3n) is 1.36. The summed E-state index contributed by atoms with van der Waals surface area (Å²) in [6, 6.07) is -0.866. The fourth-order valence-corrected chi connectivity index (χ4v) is 0.768. The van der Waals surface area contributed by atoms with Crippen LogP contribution in [0.25, 0.3) is 0 Å². The number of hydrogen-bond acceptors (Lipinski definition) is 3. The molecule has 5 nitrogen and oxygen atoms in total. The predicted octanol–water partition coefficient (Wildman–Crippen LogP) is -0.297. The highest BCUT2D eigenvalue weighted by Gasteiger charge is 2.19. The van der Waals surface area contributed by atoms with Gasteiger partial charge in [-0.15, -0.1) is 0 Å². The van der Waals surface area contributed by atoms with E-state index in [0.717, 1.165) is 0 Å². The maximum absolute atomic E-state index is 11.1. The number of carboxylic acid groups (broad SMARTS) is 1. The monoisotopic (exact) mass is 188 g/mol. The Hall–Kier alpha value is -1.10. The number of hydrogen-bond donors (Lipinski definition) is 3. The Labute approximate surface area is 77.3 Å². The first-order valence-electron chi connectivity index (χ1n) is 4.03. The molecule has 4 N–H and O–H groups in total. The Kier molecular flexibility index (Phi) is 3.87. The first-order valence-corrected chi connectivity index (χ1v) is 4.03. The molecule has 1 amide bonds. The van der Waals surface area contributed by atoms with Crippen LogP contribution >= 0.6 is 0 Å². The molecule has 1 atom stereocenters. The molecule has 0 aliphatic carbocycles. The van der Waals surface area contributed by atoms with Gasteiger partial charge < -0.3 is 16.2 Å². The summed E-state index contributed by atoms with van der Waals surface area (Å²) in [6.07, 6.45) is 0.116. The SMILES string of the molecule is CC(NC(=O)CC(C)(C)N)C(=O)O. The molecule has 13 heavy (non-hydrogen) atoms. The Balaban J connectivity index is 3.96. The van der Waals surface area contributed by atoms with Crippen LogP contribution in [0.5, 0.6) is 0 Å². The highest BCUT2D eigenvalue weighted by atomic mass is 16.4. The summed E-state index contributed by atoms with van der Waals surface area (Å²) < 4.78 is 0. The van der Waals surface area contributed by atoms with E-state index in [1.165, 1.54) is 6.92 Å². The van der Waals surface area contributed by atoms with Gasteiger partial charge >= 0.3 is 5.97 Å². The predicted molar refractivity (Wildman–Crippen MR) is 48.1 cm³/mol. The van der Waals surface area contributed by atoms with E-state index in [1.54, 1.807) is 13.8 Å². The normalized spacial score (nSPS) is 13.5. The molecular formula is C8H16N2O3. The Morgan fingerprint density at radius 2 is 2.00 bits per heavy atom. The molecule has 76 valence electrons. The molecular weight excluding hydrogens is 172 g/mol.